The number of thiophene rings is 1. The summed E-state index contributed by atoms with van der Waals surface area (Å²) < 4.78 is 5.83. The van der Waals surface area contributed by atoms with Gasteiger partial charge in [-0.3, -0.25) is 14.4 Å². The van der Waals surface area contributed by atoms with E-state index < -0.39 is 16.4 Å². The van der Waals surface area contributed by atoms with E-state index >= 15 is 0 Å². The molecule has 1 spiro atoms. The first-order valence-electron chi connectivity index (χ1n) is 11.6. The number of hydrogen-bond acceptors (Lipinski definition) is 5. The van der Waals surface area contributed by atoms with E-state index in [4.69, 9.17) is 4.74 Å². The Balaban J connectivity index is 1.22. The number of esters is 1. The van der Waals surface area contributed by atoms with Crippen molar-refractivity contribution in [1.82, 2.24) is 9.80 Å². The van der Waals surface area contributed by atoms with Gasteiger partial charge in [0.05, 0.1) is 5.41 Å². The van der Waals surface area contributed by atoms with E-state index in [0.717, 1.165) is 37.9 Å². The summed E-state index contributed by atoms with van der Waals surface area (Å²) in [6, 6.07) is 2.00. The van der Waals surface area contributed by atoms with Crippen LogP contribution in [0.15, 0.2) is 22.9 Å². The third-order valence-corrected chi connectivity index (χ3v) is 9.95. The molecule has 0 radical (unpaired) electrons. The summed E-state index contributed by atoms with van der Waals surface area (Å²) >= 11 is 1.62. The summed E-state index contributed by atoms with van der Waals surface area (Å²) in [5, 5.41) is 4.02. The highest BCUT2D eigenvalue weighted by Crippen LogP contribution is 2.66. The van der Waals surface area contributed by atoms with Gasteiger partial charge in [0.1, 0.15) is 0 Å². The number of rotatable bonds is 3. The third kappa shape index (κ3) is 2.93. The van der Waals surface area contributed by atoms with Crippen LogP contribution in [0.3, 0.4) is 0 Å². The van der Waals surface area contributed by atoms with Gasteiger partial charge in [0.2, 0.25) is 5.91 Å². The molecule has 4 heterocycles. The quantitative estimate of drug-likeness (QED) is 0.514. The second-order valence-electron chi connectivity index (χ2n) is 10.9. The van der Waals surface area contributed by atoms with Crippen LogP contribution in [0.1, 0.15) is 58.4 Å². The van der Waals surface area contributed by atoms with Crippen LogP contribution in [-0.4, -0.2) is 59.4 Å². The van der Waals surface area contributed by atoms with Crippen molar-refractivity contribution >= 4 is 35.2 Å². The Kier molecular flexibility index (Phi) is 4.86. The summed E-state index contributed by atoms with van der Waals surface area (Å²) in [5.74, 6) is -0.176. The zero-order valence-electron chi connectivity index (χ0n) is 19.2. The van der Waals surface area contributed by atoms with Gasteiger partial charge in [-0.25, -0.2) is 0 Å². The Morgan fingerprint density at radius 2 is 1.72 bits per heavy atom. The number of nitrogens with zero attached hydrogens (tertiary/aromatic N) is 2. The first-order chi connectivity index (χ1) is 15.1. The maximum atomic E-state index is 13.7. The lowest BCUT2D eigenvalue weighted by Crippen LogP contribution is -2.55. The molecule has 0 unspecified atom stereocenters. The second-order valence-corrected chi connectivity index (χ2v) is 11.6. The van der Waals surface area contributed by atoms with Crippen molar-refractivity contribution in [1.29, 1.82) is 0 Å². The van der Waals surface area contributed by atoms with Crippen LogP contribution in [0.25, 0.3) is 6.08 Å². The largest absolute Gasteiger partial charge is 0.448 e. The lowest BCUT2D eigenvalue weighted by atomic mass is 9.66. The Morgan fingerprint density at radius 1 is 1.03 bits per heavy atom. The molecule has 3 saturated heterocycles. The van der Waals surface area contributed by atoms with Crippen LogP contribution in [0.5, 0.6) is 0 Å². The highest BCUT2D eigenvalue weighted by molar-refractivity contribution is 7.08. The lowest BCUT2D eigenvalue weighted by Gasteiger charge is -2.41. The summed E-state index contributed by atoms with van der Waals surface area (Å²) in [6.07, 6.45) is 7.62. The number of fused-ring (bicyclic) bond motifs is 2. The number of hydrogen-bond donors (Lipinski definition) is 0. The second kappa shape index (κ2) is 7.17. The number of likely N-dealkylation sites (tertiary alicyclic amines) is 2. The number of carbonyl (C=O) groups is 3. The molecular formula is C25H32N2O4S. The average molecular weight is 457 g/mol. The molecule has 5 rings (SSSR count). The fourth-order valence-corrected chi connectivity index (χ4v) is 6.97. The summed E-state index contributed by atoms with van der Waals surface area (Å²) in [5.41, 5.74) is -0.987. The molecule has 32 heavy (non-hydrogen) atoms. The van der Waals surface area contributed by atoms with Gasteiger partial charge in [-0.05, 0) is 72.9 Å². The summed E-state index contributed by atoms with van der Waals surface area (Å²) in [7, 11) is 0. The van der Waals surface area contributed by atoms with Crippen LogP contribution in [-0.2, 0) is 19.1 Å². The van der Waals surface area contributed by atoms with E-state index in [1.54, 1.807) is 17.4 Å². The zero-order chi connectivity index (χ0) is 22.8. The zero-order valence-corrected chi connectivity index (χ0v) is 20.0. The molecule has 1 aromatic rings. The topological polar surface area (TPSA) is 66.9 Å². The highest BCUT2D eigenvalue weighted by Gasteiger charge is 2.76. The van der Waals surface area contributed by atoms with Crippen molar-refractivity contribution in [3.63, 3.8) is 0 Å². The minimum atomic E-state index is -1.02. The van der Waals surface area contributed by atoms with Gasteiger partial charge < -0.3 is 14.5 Å². The van der Waals surface area contributed by atoms with Gasteiger partial charge in [-0.15, -0.1) is 0 Å². The van der Waals surface area contributed by atoms with Crippen molar-refractivity contribution in [3.05, 3.63) is 28.5 Å². The molecule has 2 bridgehead atoms. The van der Waals surface area contributed by atoms with Crippen LogP contribution in [0, 0.1) is 16.2 Å². The van der Waals surface area contributed by atoms with Gasteiger partial charge in [0.25, 0.3) is 5.91 Å². The Labute approximate surface area is 193 Å². The Morgan fingerprint density at radius 3 is 2.28 bits per heavy atom. The summed E-state index contributed by atoms with van der Waals surface area (Å²) in [4.78, 5) is 42.7. The van der Waals surface area contributed by atoms with Crippen molar-refractivity contribution in [2.75, 3.05) is 26.2 Å². The van der Waals surface area contributed by atoms with E-state index in [1.807, 2.05) is 53.5 Å². The predicted octanol–water partition coefficient (Wildman–Crippen LogP) is 3.72. The molecule has 0 N–H and O–H groups in total. The smallest absolute Gasteiger partial charge is 0.313 e. The van der Waals surface area contributed by atoms with Crippen molar-refractivity contribution in [2.45, 2.75) is 58.5 Å². The van der Waals surface area contributed by atoms with Crippen LogP contribution < -0.4 is 0 Å². The van der Waals surface area contributed by atoms with Crippen LogP contribution in [0.2, 0.25) is 0 Å². The molecule has 1 aliphatic carbocycles. The normalized spacial score (nSPS) is 32.8. The Bertz CT molecular complexity index is 976. The molecule has 4 aliphatic rings. The van der Waals surface area contributed by atoms with Crippen LogP contribution >= 0.6 is 11.3 Å². The first-order valence-corrected chi connectivity index (χ1v) is 12.6. The number of carbonyl (C=O) groups excluding carboxylic acids is 3. The molecule has 1 saturated carbocycles. The average Bonchev–Trinajstić information content (AvgIpc) is 3.50. The molecule has 4 fully saturated rings. The SMILES string of the molecule is CC1(C)[C@@]2(C)CC[C@]1(C(=O)N1CCC3(CCN(C(=O)/C=C/c4ccsc4)CC3)C1)OC2=O. The van der Waals surface area contributed by atoms with Crippen molar-refractivity contribution in [3.8, 4) is 0 Å². The maximum Gasteiger partial charge on any atom is 0.313 e. The standard InChI is InChI=1S/C25H32N2O4S/c1-22(2)23(3)7-8-25(22,31-21(23)30)20(29)27-14-11-24(17-27)9-12-26(13-10-24)19(28)5-4-18-6-15-32-16-18/h4-6,15-16H,7-14,17H2,1-3H3/b5-4+/t23-,25+/m0/s1. The van der Waals surface area contributed by atoms with E-state index in [1.165, 1.54) is 0 Å². The minimum absolute atomic E-state index is 0.00819. The molecule has 2 amide bonds. The van der Waals surface area contributed by atoms with Gasteiger partial charge in [0.15, 0.2) is 5.60 Å². The Hall–Kier alpha value is -2.15. The van der Waals surface area contributed by atoms with E-state index in [-0.39, 0.29) is 23.2 Å². The van der Waals surface area contributed by atoms with Gasteiger partial charge in [0, 0.05) is 37.7 Å². The molecule has 172 valence electrons. The third-order valence-electron chi connectivity index (χ3n) is 9.25. The van der Waals surface area contributed by atoms with E-state index in [0.29, 0.717) is 25.9 Å². The van der Waals surface area contributed by atoms with E-state index in [2.05, 4.69) is 0 Å². The molecule has 6 nitrogen and oxygen atoms in total. The number of amides is 2. The molecule has 0 aromatic carbocycles. The minimum Gasteiger partial charge on any atom is -0.448 e. The lowest BCUT2D eigenvalue weighted by molar-refractivity contribution is -0.173. The number of ether oxygens (including phenoxy) is 1. The molecule has 2 atom stereocenters. The summed E-state index contributed by atoms with van der Waals surface area (Å²) in [6.45, 7) is 8.83. The number of piperidine rings is 1. The fourth-order valence-electron chi connectivity index (χ4n) is 6.34. The highest BCUT2D eigenvalue weighted by atomic mass is 32.1. The van der Waals surface area contributed by atoms with Gasteiger partial charge in [-0.1, -0.05) is 13.8 Å². The molecule has 7 heteroatoms. The predicted molar refractivity (Wildman–Crippen MR) is 123 cm³/mol. The molecule has 3 aliphatic heterocycles. The maximum absolute atomic E-state index is 13.7. The van der Waals surface area contributed by atoms with Crippen LogP contribution in [0.4, 0.5) is 0 Å². The van der Waals surface area contributed by atoms with Crippen molar-refractivity contribution < 1.29 is 19.1 Å². The van der Waals surface area contributed by atoms with Gasteiger partial charge in [-0.2, -0.15) is 11.3 Å². The van der Waals surface area contributed by atoms with Gasteiger partial charge >= 0.3 is 5.97 Å². The van der Waals surface area contributed by atoms with E-state index in [9.17, 15) is 14.4 Å². The monoisotopic (exact) mass is 456 g/mol. The fraction of sp³-hybridized carbons (Fsp3) is 0.640. The molecule has 1 aromatic heterocycles. The van der Waals surface area contributed by atoms with Crippen molar-refractivity contribution in [2.24, 2.45) is 16.2 Å². The first kappa shape index (κ1) is 21.7. The molecular weight excluding hydrogens is 424 g/mol.